The molecule has 0 aliphatic rings. The Morgan fingerprint density at radius 1 is 1.10 bits per heavy atom. The summed E-state index contributed by atoms with van der Waals surface area (Å²) >= 11 is 3.19. The summed E-state index contributed by atoms with van der Waals surface area (Å²) in [6.45, 7) is 0. The number of hydrogen-bond acceptors (Lipinski definition) is 3. The summed E-state index contributed by atoms with van der Waals surface area (Å²) in [6, 6.07) is 9.98. The van der Waals surface area contributed by atoms with Crippen molar-refractivity contribution in [3.63, 3.8) is 0 Å². The minimum absolute atomic E-state index is 0.271. The third-order valence-corrected chi connectivity index (χ3v) is 3.69. The summed E-state index contributed by atoms with van der Waals surface area (Å²) in [5.74, 6) is 0.765. The predicted octanol–water partition coefficient (Wildman–Crippen LogP) is 3.88. The molecular formula is C16H16BrFO3. The second kappa shape index (κ2) is 6.91. The summed E-state index contributed by atoms with van der Waals surface area (Å²) in [6.07, 6.45) is -0.630. The van der Waals surface area contributed by atoms with E-state index >= 15 is 0 Å². The van der Waals surface area contributed by atoms with E-state index in [9.17, 15) is 9.50 Å². The first kappa shape index (κ1) is 15.8. The zero-order valence-electron chi connectivity index (χ0n) is 11.8. The number of ether oxygens (including phenoxy) is 2. The average molecular weight is 355 g/mol. The molecule has 0 amide bonds. The van der Waals surface area contributed by atoms with Gasteiger partial charge in [-0.25, -0.2) is 4.39 Å². The van der Waals surface area contributed by atoms with Gasteiger partial charge in [0, 0.05) is 16.5 Å². The molecule has 0 saturated heterocycles. The van der Waals surface area contributed by atoms with Gasteiger partial charge in [-0.05, 0) is 29.8 Å². The Hall–Kier alpha value is -1.59. The number of aliphatic hydroxyl groups excluding tert-OH is 1. The number of rotatable bonds is 5. The molecule has 0 aliphatic heterocycles. The third-order valence-electron chi connectivity index (χ3n) is 3.20. The lowest BCUT2D eigenvalue weighted by atomic mass is 10.0. The molecule has 2 aromatic carbocycles. The maximum absolute atomic E-state index is 13.8. The number of halogens is 2. The topological polar surface area (TPSA) is 38.7 Å². The van der Waals surface area contributed by atoms with E-state index < -0.39 is 11.9 Å². The first-order valence-electron chi connectivity index (χ1n) is 6.39. The highest BCUT2D eigenvalue weighted by Gasteiger charge is 2.15. The number of hydrogen-bond donors (Lipinski definition) is 1. The molecule has 0 fully saturated rings. The minimum atomic E-state index is -0.920. The molecule has 21 heavy (non-hydrogen) atoms. The second-order valence-electron chi connectivity index (χ2n) is 4.58. The van der Waals surface area contributed by atoms with Crippen LogP contribution < -0.4 is 9.47 Å². The van der Waals surface area contributed by atoms with Crippen LogP contribution in [0.4, 0.5) is 4.39 Å². The van der Waals surface area contributed by atoms with Gasteiger partial charge in [-0.2, -0.15) is 0 Å². The zero-order chi connectivity index (χ0) is 15.4. The van der Waals surface area contributed by atoms with Crippen LogP contribution in [0.3, 0.4) is 0 Å². The summed E-state index contributed by atoms with van der Waals surface area (Å²) in [7, 11) is 3.11. The Kier molecular flexibility index (Phi) is 5.20. The van der Waals surface area contributed by atoms with E-state index in [1.165, 1.54) is 6.07 Å². The Morgan fingerprint density at radius 2 is 1.81 bits per heavy atom. The van der Waals surface area contributed by atoms with E-state index in [4.69, 9.17) is 9.47 Å². The van der Waals surface area contributed by atoms with Crippen molar-refractivity contribution in [3.8, 4) is 11.5 Å². The van der Waals surface area contributed by atoms with Crippen molar-refractivity contribution in [2.24, 2.45) is 0 Å². The van der Waals surface area contributed by atoms with Crippen LogP contribution in [-0.2, 0) is 6.42 Å². The summed E-state index contributed by atoms with van der Waals surface area (Å²) in [5.41, 5.74) is 1.11. The van der Waals surface area contributed by atoms with Crippen molar-refractivity contribution in [1.29, 1.82) is 0 Å². The molecule has 0 aromatic heterocycles. The van der Waals surface area contributed by atoms with E-state index in [1.807, 2.05) is 6.07 Å². The van der Waals surface area contributed by atoms with E-state index in [1.54, 1.807) is 38.5 Å². The molecule has 3 nitrogen and oxygen atoms in total. The first-order valence-corrected chi connectivity index (χ1v) is 7.18. The molecule has 2 rings (SSSR count). The third kappa shape index (κ3) is 3.74. The monoisotopic (exact) mass is 354 g/mol. The fourth-order valence-electron chi connectivity index (χ4n) is 2.11. The zero-order valence-corrected chi connectivity index (χ0v) is 13.4. The van der Waals surface area contributed by atoms with Gasteiger partial charge in [-0.3, -0.25) is 0 Å². The van der Waals surface area contributed by atoms with Crippen molar-refractivity contribution in [2.75, 3.05) is 14.2 Å². The maximum atomic E-state index is 13.8. The van der Waals surface area contributed by atoms with E-state index in [-0.39, 0.29) is 5.56 Å². The molecule has 0 spiro atoms. The van der Waals surface area contributed by atoms with E-state index in [0.717, 1.165) is 5.56 Å². The lowest BCUT2D eigenvalue weighted by molar-refractivity contribution is 0.173. The quantitative estimate of drug-likeness (QED) is 0.885. The van der Waals surface area contributed by atoms with Crippen molar-refractivity contribution in [3.05, 3.63) is 57.8 Å². The highest BCUT2D eigenvalue weighted by molar-refractivity contribution is 9.10. The highest BCUT2D eigenvalue weighted by Crippen LogP contribution is 2.30. The smallest absolute Gasteiger partial charge is 0.160 e. The van der Waals surface area contributed by atoms with Crippen molar-refractivity contribution < 1.29 is 19.0 Å². The standard InChI is InChI=1S/C16H16BrFO3/c1-20-15-6-3-10(8-16(15)21-2)7-14(19)12-5-4-11(17)9-13(12)18/h3-6,8-9,14,19H,7H2,1-2H3. The Balaban J connectivity index is 2.21. The Morgan fingerprint density at radius 3 is 2.43 bits per heavy atom. The lowest BCUT2D eigenvalue weighted by Crippen LogP contribution is -2.05. The molecule has 0 heterocycles. The molecule has 0 saturated carbocycles. The van der Waals surface area contributed by atoms with Crippen LogP contribution in [0, 0.1) is 5.82 Å². The van der Waals surface area contributed by atoms with Crippen LogP contribution in [0.2, 0.25) is 0 Å². The van der Waals surface area contributed by atoms with Gasteiger partial charge in [-0.15, -0.1) is 0 Å². The lowest BCUT2D eigenvalue weighted by Gasteiger charge is -2.14. The van der Waals surface area contributed by atoms with Crippen molar-refractivity contribution in [1.82, 2.24) is 0 Å². The Bertz CT molecular complexity index is 631. The minimum Gasteiger partial charge on any atom is -0.493 e. The van der Waals surface area contributed by atoms with Crippen LogP contribution >= 0.6 is 15.9 Å². The molecule has 0 bridgehead atoms. The first-order chi connectivity index (χ1) is 10.0. The second-order valence-corrected chi connectivity index (χ2v) is 5.49. The fourth-order valence-corrected chi connectivity index (χ4v) is 2.45. The number of benzene rings is 2. The van der Waals surface area contributed by atoms with Crippen molar-refractivity contribution >= 4 is 15.9 Å². The molecule has 0 aliphatic carbocycles. The predicted molar refractivity (Wildman–Crippen MR) is 82.3 cm³/mol. The van der Waals surface area contributed by atoms with Gasteiger partial charge in [0.2, 0.25) is 0 Å². The maximum Gasteiger partial charge on any atom is 0.160 e. The van der Waals surface area contributed by atoms with E-state index in [0.29, 0.717) is 22.4 Å². The molecule has 1 N–H and O–H groups in total. The summed E-state index contributed by atoms with van der Waals surface area (Å²) in [4.78, 5) is 0. The molecule has 1 atom stereocenters. The molecule has 112 valence electrons. The summed E-state index contributed by atoms with van der Waals surface area (Å²) in [5, 5.41) is 10.2. The van der Waals surface area contributed by atoms with Crippen LogP contribution in [-0.4, -0.2) is 19.3 Å². The van der Waals surface area contributed by atoms with Crippen LogP contribution in [0.25, 0.3) is 0 Å². The normalized spacial score (nSPS) is 12.0. The number of aliphatic hydroxyl groups is 1. The van der Waals surface area contributed by atoms with Gasteiger partial charge in [0.25, 0.3) is 0 Å². The van der Waals surface area contributed by atoms with Crippen LogP contribution in [0.15, 0.2) is 40.9 Å². The molecule has 5 heteroatoms. The largest absolute Gasteiger partial charge is 0.493 e. The van der Waals surface area contributed by atoms with Crippen molar-refractivity contribution in [2.45, 2.75) is 12.5 Å². The summed E-state index contributed by atoms with van der Waals surface area (Å²) < 4.78 is 24.9. The number of methoxy groups -OCH3 is 2. The van der Waals surface area contributed by atoms with Gasteiger partial charge < -0.3 is 14.6 Å². The van der Waals surface area contributed by atoms with Crippen LogP contribution in [0.1, 0.15) is 17.2 Å². The SMILES string of the molecule is COc1ccc(CC(O)c2ccc(Br)cc2F)cc1OC. The molecule has 1 unspecified atom stereocenters. The van der Waals surface area contributed by atoms with Gasteiger partial charge in [0.05, 0.1) is 20.3 Å². The van der Waals surface area contributed by atoms with Gasteiger partial charge >= 0.3 is 0 Å². The van der Waals surface area contributed by atoms with Crippen LogP contribution in [0.5, 0.6) is 11.5 Å². The van der Waals surface area contributed by atoms with Gasteiger partial charge in [-0.1, -0.05) is 28.1 Å². The highest BCUT2D eigenvalue weighted by atomic mass is 79.9. The molecular weight excluding hydrogens is 339 g/mol. The Labute approximate surface area is 131 Å². The fraction of sp³-hybridized carbons (Fsp3) is 0.250. The molecule has 2 aromatic rings. The van der Waals surface area contributed by atoms with Gasteiger partial charge in [0.15, 0.2) is 11.5 Å². The van der Waals surface area contributed by atoms with Gasteiger partial charge in [0.1, 0.15) is 5.82 Å². The van der Waals surface area contributed by atoms with E-state index in [2.05, 4.69) is 15.9 Å². The molecule has 0 radical (unpaired) electrons. The average Bonchev–Trinajstić information content (AvgIpc) is 2.46.